The van der Waals surface area contributed by atoms with Crippen molar-refractivity contribution in [3.8, 4) is 0 Å². The molecule has 1 rings (SSSR count). The standard InChI is InChI=1S/C6H9F3N4/c7-6(8,9)4-12-13-5-3-10-1-2-11-5/h3,12H,1-2,4H2,(H,11,13). The number of hydrazine groups is 1. The van der Waals surface area contributed by atoms with E-state index in [0.717, 1.165) is 0 Å². The lowest BCUT2D eigenvalue weighted by Gasteiger charge is -2.11. The van der Waals surface area contributed by atoms with Crippen LogP contribution in [0, 0.1) is 0 Å². The molecule has 0 fully saturated rings. The Hall–Kier alpha value is -1.11. The van der Waals surface area contributed by atoms with Gasteiger partial charge >= 0.3 is 6.18 Å². The number of nitrogens with zero attached hydrogens (tertiary/aromatic N) is 2. The molecule has 0 saturated carbocycles. The number of hydrogen-bond acceptors (Lipinski definition) is 4. The van der Waals surface area contributed by atoms with E-state index in [1.54, 1.807) is 0 Å². The Labute approximate surface area is 72.9 Å². The van der Waals surface area contributed by atoms with Gasteiger partial charge in [-0.25, -0.2) is 5.43 Å². The summed E-state index contributed by atoms with van der Waals surface area (Å²) in [6.07, 6.45) is -2.83. The predicted molar refractivity (Wildman–Crippen MR) is 42.9 cm³/mol. The van der Waals surface area contributed by atoms with Crippen LogP contribution in [0.25, 0.3) is 0 Å². The lowest BCUT2D eigenvalue weighted by molar-refractivity contribution is -0.125. The van der Waals surface area contributed by atoms with Crippen molar-refractivity contribution < 1.29 is 13.2 Å². The third kappa shape index (κ3) is 4.46. The first kappa shape index (κ1) is 9.97. The number of rotatable bonds is 2. The highest BCUT2D eigenvalue weighted by atomic mass is 19.4. The highest BCUT2D eigenvalue weighted by Gasteiger charge is 2.26. The van der Waals surface area contributed by atoms with Crippen molar-refractivity contribution >= 4 is 12.1 Å². The molecule has 1 aliphatic rings. The van der Waals surface area contributed by atoms with Crippen LogP contribution in [0.15, 0.2) is 9.98 Å². The molecule has 0 saturated heterocycles. The monoisotopic (exact) mass is 194 g/mol. The van der Waals surface area contributed by atoms with Gasteiger partial charge in [0.2, 0.25) is 0 Å². The van der Waals surface area contributed by atoms with E-state index in [1.165, 1.54) is 6.21 Å². The number of amidine groups is 1. The number of alkyl halides is 3. The van der Waals surface area contributed by atoms with Crippen molar-refractivity contribution in [3.63, 3.8) is 0 Å². The molecule has 4 nitrogen and oxygen atoms in total. The summed E-state index contributed by atoms with van der Waals surface area (Å²) in [4.78, 5) is 7.71. The minimum Gasteiger partial charge on any atom is -0.304 e. The van der Waals surface area contributed by atoms with Crippen molar-refractivity contribution in [2.45, 2.75) is 6.18 Å². The quantitative estimate of drug-likeness (QED) is 0.614. The zero-order chi connectivity index (χ0) is 9.73. The van der Waals surface area contributed by atoms with Crippen molar-refractivity contribution in [1.82, 2.24) is 10.9 Å². The second-order valence-electron chi connectivity index (χ2n) is 2.40. The van der Waals surface area contributed by atoms with Crippen LogP contribution in [-0.4, -0.2) is 37.9 Å². The van der Waals surface area contributed by atoms with Gasteiger partial charge in [-0.2, -0.15) is 13.2 Å². The van der Waals surface area contributed by atoms with Crippen molar-refractivity contribution in [3.05, 3.63) is 0 Å². The zero-order valence-corrected chi connectivity index (χ0v) is 6.73. The van der Waals surface area contributed by atoms with Crippen LogP contribution < -0.4 is 10.9 Å². The minimum atomic E-state index is -4.22. The summed E-state index contributed by atoms with van der Waals surface area (Å²) in [5, 5.41) is 0. The molecule has 2 N–H and O–H groups in total. The Morgan fingerprint density at radius 3 is 2.69 bits per heavy atom. The predicted octanol–water partition coefficient (Wildman–Crippen LogP) is 0.126. The second kappa shape index (κ2) is 4.22. The largest absolute Gasteiger partial charge is 0.402 e. The number of hydrogen-bond donors (Lipinski definition) is 2. The van der Waals surface area contributed by atoms with Crippen molar-refractivity contribution in [2.75, 3.05) is 19.6 Å². The smallest absolute Gasteiger partial charge is 0.304 e. The summed E-state index contributed by atoms with van der Waals surface area (Å²) in [6.45, 7) is -0.00313. The molecule has 0 atom stereocenters. The van der Waals surface area contributed by atoms with E-state index in [4.69, 9.17) is 0 Å². The third-order valence-electron chi connectivity index (χ3n) is 1.23. The maximum Gasteiger partial charge on any atom is 0.402 e. The summed E-state index contributed by atoms with van der Waals surface area (Å²) in [5.74, 6) is 0.329. The molecule has 0 aliphatic carbocycles. The van der Waals surface area contributed by atoms with Crippen molar-refractivity contribution in [1.29, 1.82) is 0 Å². The fourth-order valence-electron chi connectivity index (χ4n) is 0.727. The number of halogens is 3. The second-order valence-corrected chi connectivity index (χ2v) is 2.40. The first-order valence-electron chi connectivity index (χ1n) is 3.68. The molecule has 0 bridgehead atoms. The SMILES string of the molecule is FC(F)(F)CNNC1=NCCN=C1. The average Bonchev–Trinajstić information content (AvgIpc) is 2.04. The van der Waals surface area contributed by atoms with E-state index in [2.05, 4.69) is 15.4 Å². The molecule has 0 radical (unpaired) electrons. The first-order chi connectivity index (χ1) is 6.08. The van der Waals surface area contributed by atoms with Crippen molar-refractivity contribution in [2.24, 2.45) is 9.98 Å². The molecule has 0 aromatic carbocycles. The highest BCUT2D eigenvalue weighted by Crippen LogP contribution is 2.11. The number of aliphatic imine (C=N–C) groups is 2. The Morgan fingerprint density at radius 2 is 2.15 bits per heavy atom. The average molecular weight is 194 g/mol. The normalized spacial score (nSPS) is 17.0. The van der Waals surface area contributed by atoms with Gasteiger partial charge in [0.25, 0.3) is 0 Å². The van der Waals surface area contributed by atoms with Crippen LogP contribution in [0.3, 0.4) is 0 Å². The van der Waals surface area contributed by atoms with Gasteiger partial charge in [-0.15, -0.1) is 0 Å². The van der Waals surface area contributed by atoms with E-state index < -0.39 is 12.7 Å². The molecule has 0 amide bonds. The van der Waals surface area contributed by atoms with Gasteiger partial charge in [-0.1, -0.05) is 0 Å². The van der Waals surface area contributed by atoms with Gasteiger partial charge in [0.05, 0.1) is 19.3 Å². The van der Waals surface area contributed by atoms with Crippen LogP contribution in [0.4, 0.5) is 13.2 Å². The maximum atomic E-state index is 11.6. The molecule has 0 spiro atoms. The van der Waals surface area contributed by atoms with E-state index in [-0.39, 0.29) is 0 Å². The summed E-state index contributed by atoms with van der Waals surface area (Å²) in [7, 11) is 0. The molecule has 0 unspecified atom stereocenters. The Bertz CT molecular complexity index is 220. The Morgan fingerprint density at radius 1 is 1.38 bits per heavy atom. The van der Waals surface area contributed by atoms with Gasteiger partial charge in [-0.3, -0.25) is 9.98 Å². The van der Waals surface area contributed by atoms with E-state index in [0.29, 0.717) is 18.9 Å². The van der Waals surface area contributed by atoms with E-state index >= 15 is 0 Å². The lowest BCUT2D eigenvalue weighted by atomic mass is 10.5. The van der Waals surface area contributed by atoms with Gasteiger partial charge in [-0.05, 0) is 0 Å². The van der Waals surface area contributed by atoms with Crippen LogP contribution in [0.2, 0.25) is 0 Å². The molecule has 0 aromatic rings. The van der Waals surface area contributed by atoms with E-state index in [1.807, 2.05) is 5.43 Å². The summed E-state index contributed by atoms with van der Waals surface area (Å²) >= 11 is 0. The molecule has 0 aromatic heterocycles. The van der Waals surface area contributed by atoms with Crippen LogP contribution >= 0.6 is 0 Å². The molecule has 7 heteroatoms. The van der Waals surface area contributed by atoms with Gasteiger partial charge in [0.1, 0.15) is 6.54 Å². The van der Waals surface area contributed by atoms with Crippen LogP contribution in [0.5, 0.6) is 0 Å². The molecular formula is C6H9F3N4. The van der Waals surface area contributed by atoms with E-state index in [9.17, 15) is 13.2 Å². The molecule has 74 valence electrons. The molecular weight excluding hydrogens is 185 g/mol. The Kier molecular flexibility index (Phi) is 3.24. The highest BCUT2D eigenvalue weighted by molar-refractivity contribution is 6.29. The maximum absolute atomic E-state index is 11.6. The van der Waals surface area contributed by atoms with Gasteiger partial charge in [0, 0.05) is 0 Å². The topological polar surface area (TPSA) is 48.8 Å². The first-order valence-corrected chi connectivity index (χ1v) is 3.68. The van der Waals surface area contributed by atoms with Crippen LogP contribution in [0.1, 0.15) is 0 Å². The summed E-state index contributed by atoms with van der Waals surface area (Å²) in [6, 6.07) is 0. The third-order valence-corrected chi connectivity index (χ3v) is 1.23. The number of nitrogens with one attached hydrogen (secondary N) is 2. The molecule has 1 aliphatic heterocycles. The molecule has 1 heterocycles. The summed E-state index contributed by atoms with van der Waals surface area (Å²) in [5.41, 5.74) is 4.31. The van der Waals surface area contributed by atoms with Gasteiger partial charge < -0.3 is 5.43 Å². The van der Waals surface area contributed by atoms with Crippen LogP contribution in [-0.2, 0) is 0 Å². The summed E-state index contributed by atoms with van der Waals surface area (Å²) < 4.78 is 34.9. The Balaban J connectivity index is 2.19. The fraction of sp³-hybridized carbons (Fsp3) is 0.667. The lowest BCUT2D eigenvalue weighted by Crippen LogP contribution is -2.44. The molecule has 13 heavy (non-hydrogen) atoms. The zero-order valence-electron chi connectivity index (χ0n) is 6.73. The fourth-order valence-corrected chi connectivity index (χ4v) is 0.727. The minimum absolute atomic E-state index is 0.329. The van der Waals surface area contributed by atoms with Gasteiger partial charge in [0.15, 0.2) is 5.84 Å².